The van der Waals surface area contributed by atoms with Crippen LogP contribution in [0.3, 0.4) is 0 Å². The Bertz CT molecular complexity index is 469. The molecule has 0 aromatic heterocycles. The molecule has 0 aliphatic heterocycles. The van der Waals surface area contributed by atoms with E-state index in [0.29, 0.717) is 5.92 Å². The monoisotopic (exact) mass is 272 g/mol. The van der Waals surface area contributed by atoms with Crippen molar-refractivity contribution in [1.82, 2.24) is 0 Å². The van der Waals surface area contributed by atoms with E-state index in [9.17, 15) is 5.11 Å². The summed E-state index contributed by atoms with van der Waals surface area (Å²) in [4.78, 5) is 0. The SMILES string of the molecule is CC(C)CC1(C(O)c2ccc3c(c2)CCC3)CCCC1. The topological polar surface area (TPSA) is 20.2 Å². The molecule has 1 saturated carbocycles. The Labute approximate surface area is 123 Å². The Hall–Kier alpha value is -0.820. The van der Waals surface area contributed by atoms with Gasteiger partial charge in [-0.1, -0.05) is 44.9 Å². The van der Waals surface area contributed by atoms with E-state index in [2.05, 4.69) is 32.0 Å². The Balaban J connectivity index is 1.87. The van der Waals surface area contributed by atoms with E-state index in [1.807, 2.05) is 0 Å². The molecule has 0 heterocycles. The number of aliphatic hydroxyl groups excluding tert-OH is 1. The summed E-state index contributed by atoms with van der Waals surface area (Å²) in [5, 5.41) is 11.1. The molecule has 1 fully saturated rings. The normalized spacial score (nSPS) is 22.2. The van der Waals surface area contributed by atoms with Crippen molar-refractivity contribution in [3.63, 3.8) is 0 Å². The fourth-order valence-corrected chi connectivity index (χ4v) is 4.60. The van der Waals surface area contributed by atoms with Crippen LogP contribution < -0.4 is 0 Å². The third-order valence-electron chi connectivity index (χ3n) is 5.43. The minimum atomic E-state index is -0.265. The van der Waals surface area contributed by atoms with Gasteiger partial charge in [-0.05, 0) is 61.1 Å². The molecule has 1 heteroatoms. The van der Waals surface area contributed by atoms with E-state index in [0.717, 1.165) is 6.42 Å². The van der Waals surface area contributed by atoms with Crippen LogP contribution in [0, 0.1) is 11.3 Å². The number of benzene rings is 1. The summed E-state index contributed by atoms with van der Waals surface area (Å²) in [6, 6.07) is 6.75. The van der Waals surface area contributed by atoms with E-state index < -0.39 is 0 Å². The van der Waals surface area contributed by atoms with Gasteiger partial charge < -0.3 is 5.11 Å². The zero-order valence-electron chi connectivity index (χ0n) is 13.0. The highest BCUT2D eigenvalue weighted by Crippen LogP contribution is 2.51. The fourth-order valence-electron chi connectivity index (χ4n) is 4.60. The Morgan fingerprint density at radius 1 is 1.05 bits per heavy atom. The second kappa shape index (κ2) is 5.52. The van der Waals surface area contributed by atoms with Gasteiger partial charge in [0.25, 0.3) is 0 Å². The van der Waals surface area contributed by atoms with Crippen molar-refractivity contribution in [3.8, 4) is 0 Å². The van der Waals surface area contributed by atoms with E-state index >= 15 is 0 Å². The van der Waals surface area contributed by atoms with Crippen molar-refractivity contribution in [1.29, 1.82) is 0 Å². The lowest BCUT2D eigenvalue weighted by Crippen LogP contribution is -2.27. The Morgan fingerprint density at radius 2 is 1.75 bits per heavy atom. The molecule has 2 aliphatic carbocycles. The first-order chi connectivity index (χ1) is 9.61. The number of fused-ring (bicyclic) bond motifs is 1. The first kappa shape index (κ1) is 14.1. The molecule has 0 saturated heterocycles. The fraction of sp³-hybridized carbons (Fsp3) is 0.684. The summed E-state index contributed by atoms with van der Waals surface area (Å²) in [6.45, 7) is 4.57. The highest BCUT2D eigenvalue weighted by atomic mass is 16.3. The van der Waals surface area contributed by atoms with Crippen LogP contribution >= 0.6 is 0 Å². The zero-order valence-corrected chi connectivity index (χ0v) is 13.0. The van der Waals surface area contributed by atoms with Gasteiger partial charge in [0.05, 0.1) is 6.10 Å². The molecule has 1 atom stereocenters. The quantitative estimate of drug-likeness (QED) is 0.833. The van der Waals surface area contributed by atoms with Crippen molar-refractivity contribution in [2.75, 3.05) is 0 Å². The average Bonchev–Trinajstić information content (AvgIpc) is 3.05. The molecule has 0 radical (unpaired) electrons. The van der Waals surface area contributed by atoms with Gasteiger partial charge in [-0.15, -0.1) is 0 Å². The summed E-state index contributed by atoms with van der Waals surface area (Å²) in [6.07, 6.45) is 9.57. The van der Waals surface area contributed by atoms with Gasteiger partial charge in [0.1, 0.15) is 0 Å². The predicted molar refractivity (Wildman–Crippen MR) is 83.8 cm³/mol. The zero-order chi connectivity index (χ0) is 14.2. The van der Waals surface area contributed by atoms with E-state index in [1.165, 1.54) is 61.6 Å². The predicted octanol–water partition coefficient (Wildman–Crippen LogP) is 4.82. The lowest BCUT2D eigenvalue weighted by Gasteiger charge is -2.36. The second-order valence-electron chi connectivity index (χ2n) is 7.45. The molecule has 110 valence electrons. The number of aryl methyl sites for hydroxylation is 2. The maximum absolute atomic E-state index is 11.1. The molecule has 2 aliphatic rings. The van der Waals surface area contributed by atoms with Crippen LogP contribution in [-0.4, -0.2) is 5.11 Å². The number of hydrogen-bond donors (Lipinski definition) is 1. The van der Waals surface area contributed by atoms with Crippen LogP contribution in [0.15, 0.2) is 18.2 Å². The van der Waals surface area contributed by atoms with E-state index in [-0.39, 0.29) is 11.5 Å². The minimum absolute atomic E-state index is 0.140. The van der Waals surface area contributed by atoms with Crippen LogP contribution in [0.2, 0.25) is 0 Å². The van der Waals surface area contributed by atoms with Gasteiger partial charge in [-0.25, -0.2) is 0 Å². The highest BCUT2D eigenvalue weighted by molar-refractivity contribution is 5.36. The van der Waals surface area contributed by atoms with Crippen molar-refractivity contribution >= 4 is 0 Å². The van der Waals surface area contributed by atoms with Crippen molar-refractivity contribution in [3.05, 3.63) is 34.9 Å². The molecule has 1 aromatic rings. The van der Waals surface area contributed by atoms with Gasteiger partial charge in [-0.2, -0.15) is 0 Å². The molecule has 1 N–H and O–H groups in total. The first-order valence-corrected chi connectivity index (χ1v) is 8.40. The maximum atomic E-state index is 11.1. The number of aliphatic hydroxyl groups is 1. The van der Waals surface area contributed by atoms with Gasteiger partial charge >= 0.3 is 0 Å². The van der Waals surface area contributed by atoms with Crippen LogP contribution in [-0.2, 0) is 12.8 Å². The third-order valence-corrected chi connectivity index (χ3v) is 5.43. The summed E-state index contributed by atoms with van der Waals surface area (Å²) in [7, 11) is 0. The van der Waals surface area contributed by atoms with Crippen LogP contribution in [0.1, 0.15) is 75.2 Å². The summed E-state index contributed by atoms with van der Waals surface area (Å²) < 4.78 is 0. The molecule has 0 spiro atoms. The summed E-state index contributed by atoms with van der Waals surface area (Å²) in [5.74, 6) is 0.664. The summed E-state index contributed by atoms with van der Waals surface area (Å²) in [5.41, 5.74) is 4.30. The lowest BCUT2D eigenvalue weighted by atomic mass is 9.71. The maximum Gasteiger partial charge on any atom is 0.0846 e. The highest BCUT2D eigenvalue weighted by Gasteiger charge is 2.41. The molecule has 3 rings (SSSR count). The second-order valence-corrected chi connectivity index (χ2v) is 7.45. The Morgan fingerprint density at radius 3 is 2.45 bits per heavy atom. The van der Waals surface area contributed by atoms with Crippen molar-refractivity contribution in [2.24, 2.45) is 11.3 Å². The van der Waals surface area contributed by atoms with E-state index in [4.69, 9.17) is 0 Å². The molecule has 0 bridgehead atoms. The van der Waals surface area contributed by atoms with E-state index in [1.54, 1.807) is 0 Å². The van der Waals surface area contributed by atoms with Gasteiger partial charge in [0.2, 0.25) is 0 Å². The van der Waals surface area contributed by atoms with Crippen molar-refractivity contribution in [2.45, 2.75) is 71.3 Å². The molecular weight excluding hydrogens is 244 g/mol. The molecule has 1 nitrogen and oxygen atoms in total. The van der Waals surface area contributed by atoms with Crippen LogP contribution in [0.25, 0.3) is 0 Å². The Kier molecular flexibility index (Phi) is 3.90. The number of hydrogen-bond acceptors (Lipinski definition) is 1. The molecular formula is C19H28O. The third kappa shape index (κ3) is 2.53. The largest absolute Gasteiger partial charge is 0.388 e. The molecule has 1 aromatic carbocycles. The smallest absolute Gasteiger partial charge is 0.0846 e. The van der Waals surface area contributed by atoms with Gasteiger partial charge in [0.15, 0.2) is 0 Å². The molecule has 0 amide bonds. The molecule has 20 heavy (non-hydrogen) atoms. The number of rotatable bonds is 4. The first-order valence-electron chi connectivity index (χ1n) is 8.40. The van der Waals surface area contributed by atoms with Crippen LogP contribution in [0.4, 0.5) is 0 Å². The average molecular weight is 272 g/mol. The van der Waals surface area contributed by atoms with Gasteiger partial charge in [0, 0.05) is 5.41 Å². The summed E-state index contributed by atoms with van der Waals surface area (Å²) >= 11 is 0. The standard InChI is InChI=1S/C19H28O/c1-14(2)13-19(10-3-4-11-19)18(20)17-9-8-15-6-5-7-16(15)12-17/h8-9,12,14,18,20H,3-7,10-11,13H2,1-2H3. The van der Waals surface area contributed by atoms with Crippen molar-refractivity contribution < 1.29 is 5.11 Å². The van der Waals surface area contributed by atoms with Gasteiger partial charge in [-0.3, -0.25) is 0 Å². The van der Waals surface area contributed by atoms with Crippen LogP contribution in [0.5, 0.6) is 0 Å². The molecule has 1 unspecified atom stereocenters. The minimum Gasteiger partial charge on any atom is -0.388 e. The lowest BCUT2D eigenvalue weighted by molar-refractivity contribution is 0.0111.